The summed E-state index contributed by atoms with van der Waals surface area (Å²) in [7, 11) is 0. The molecule has 0 fully saturated rings. The zero-order valence-electron chi connectivity index (χ0n) is 15.0. The second-order valence-electron chi connectivity index (χ2n) is 6.02. The minimum Gasteiger partial charge on any atom is -0.486 e. The Morgan fingerprint density at radius 3 is 2.52 bits per heavy atom. The van der Waals surface area contributed by atoms with Crippen LogP contribution in [-0.4, -0.2) is 0 Å². The van der Waals surface area contributed by atoms with E-state index in [0.29, 0.717) is 26.4 Å². The Morgan fingerprint density at radius 1 is 1.10 bits per heavy atom. The van der Waals surface area contributed by atoms with E-state index < -0.39 is 5.82 Å². The largest absolute Gasteiger partial charge is 0.486 e. The average molecular weight is 468 g/mol. The third-order valence-corrected chi connectivity index (χ3v) is 5.00. The summed E-state index contributed by atoms with van der Waals surface area (Å²) in [6.07, 6.45) is 1.56. The van der Waals surface area contributed by atoms with Crippen molar-refractivity contribution in [1.82, 2.24) is 0 Å². The van der Waals surface area contributed by atoms with Crippen LogP contribution in [0.4, 0.5) is 4.39 Å². The number of rotatable bonds is 5. The van der Waals surface area contributed by atoms with Gasteiger partial charge in [-0.2, -0.15) is 10.5 Å². The normalized spacial score (nSPS) is 10.9. The van der Waals surface area contributed by atoms with Gasteiger partial charge in [-0.3, -0.25) is 0 Å². The maximum absolute atomic E-state index is 14.0. The van der Waals surface area contributed by atoms with Crippen LogP contribution >= 0.6 is 27.5 Å². The van der Waals surface area contributed by atoms with Gasteiger partial charge in [0, 0.05) is 11.1 Å². The van der Waals surface area contributed by atoms with E-state index in [4.69, 9.17) is 16.3 Å². The molecule has 0 aliphatic carbocycles. The van der Waals surface area contributed by atoms with Crippen molar-refractivity contribution in [3.05, 3.63) is 98.2 Å². The summed E-state index contributed by atoms with van der Waals surface area (Å²) in [6, 6.07) is 20.7. The van der Waals surface area contributed by atoms with Crippen LogP contribution in [0.5, 0.6) is 5.75 Å². The number of hydrogen-bond acceptors (Lipinski definition) is 3. The molecule has 3 aromatic carbocycles. The lowest BCUT2D eigenvalue weighted by Crippen LogP contribution is -1.99. The molecule has 0 saturated carbocycles. The summed E-state index contributed by atoms with van der Waals surface area (Å²) in [5.74, 6) is -0.0532. The van der Waals surface area contributed by atoms with Crippen LogP contribution in [0.1, 0.15) is 22.3 Å². The minimum atomic E-state index is -0.471. The van der Waals surface area contributed by atoms with E-state index in [2.05, 4.69) is 22.0 Å². The van der Waals surface area contributed by atoms with Gasteiger partial charge in [0.25, 0.3) is 0 Å². The van der Waals surface area contributed by atoms with E-state index in [1.807, 2.05) is 18.2 Å². The third kappa shape index (κ3) is 4.84. The molecule has 29 heavy (non-hydrogen) atoms. The van der Waals surface area contributed by atoms with Crippen molar-refractivity contribution in [2.24, 2.45) is 0 Å². The predicted octanol–water partition coefficient (Wildman–Crippen LogP) is 6.76. The van der Waals surface area contributed by atoms with E-state index >= 15 is 0 Å². The van der Waals surface area contributed by atoms with E-state index in [1.54, 1.807) is 48.5 Å². The molecular formula is C23H13BrClFN2O. The molecule has 0 bridgehead atoms. The summed E-state index contributed by atoms with van der Waals surface area (Å²) in [4.78, 5) is 0. The molecule has 0 saturated heterocycles. The molecule has 0 aromatic heterocycles. The molecule has 3 rings (SSSR count). The van der Waals surface area contributed by atoms with Crippen molar-refractivity contribution < 1.29 is 9.13 Å². The van der Waals surface area contributed by atoms with Crippen LogP contribution in [-0.2, 0) is 6.61 Å². The van der Waals surface area contributed by atoms with E-state index in [1.165, 1.54) is 6.07 Å². The predicted molar refractivity (Wildman–Crippen MR) is 115 cm³/mol. The Morgan fingerprint density at radius 2 is 1.83 bits per heavy atom. The lowest BCUT2D eigenvalue weighted by atomic mass is 10.0. The Labute approximate surface area is 181 Å². The van der Waals surface area contributed by atoms with Crippen LogP contribution in [0, 0.1) is 28.5 Å². The van der Waals surface area contributed by atoms with Crippen molar-refractivity contribution in [2.75, 3.05) is 0 Å². The lowest BCUT2D eigenvalue weighted by molar-refractivity contribution is 0.304. The average Bonchev–Trinajstić information content (AvgIpc) is 2.72. The van der Waals surface area contributed by atoms with Gasteiger partial charge in [-0.05, 0) is 51.8 Å². The Kier molecular flexibility index (Phi) is 6.67. The minimum absolute atomic E-state index is 0.176. The van der Waals surface area contributed by atoms with Gasteiger partial charge in [0.05, 0.1) is 32.8 Å². The summed E-state index contributed by atoms with van der Waals surface area (Å²) < 4.78 is 20.4. The zero-order valence-corrected chi connectivity index (χ0v) is 17.3. The molecule has 142 valence electrons. The monoisotopic (exact) mass is 466 g/mol. The fraction of sp³-hybridized carbons (Fsp3) is 0.0435. The number of benzene rings is 3. The van der Waals surface area contributed by atoms with Gasteiger partial charge in [0.15, 0.2) is 5.75 Å². The van der Waals surface area contributed by atoms with E-state index in [-0.39, 0.29) is 17.7 Å². The van der Waals surface area contributed by atoms with Crippen molar-refractivity contribution in [3.8, 4) is 17.9 Å². The SMILES string of the molecule is N#CC(=Cc1cc(Cl)c(OCc2ccccc2C#N)c(Br)c1)c1ccccc1F. The summed E-state index contributed by atoms with van der Waals surface area (Å²) in [5.41, 5.74) is 2.29. The molecule has 0 spiro atoms. The molecule has 0 aliphatic rings. The van der Waals surface area contributed by atoms with Gasteiger partial charge < -0.3 is 4.74 Å². The first-order chi connectivity index (χ1) is 14.0. The van der Waals surface area contributed by atoms with Crippen molar-refractivity contribution >= 4 is 39.2 Å². The number of nitriles is 2. The van der Waals surface area contributed by atoms with Crippen LogP contribution in [0.15, 0.2) is 65.1 Å². The first-order valence-electron chi connectivity index (χ1n) is 8.50. The first kappa shape index (κ1) is 20.6. The molecule has 0 heterocycles. The standard InChI is InChI=1S/C23H13BrClFN2O/c24-20-10-15(9-18(13-28)19-7-3-4-8-22(19)26)11-21(25)23(20)29-14-17-6-2-1-5-16(17)12-27/h1-11H,14H2. The van der Waals surface area contributed by atoms with Crippen LogP contribution in [0.2, 0.25) is 5.02 Å². The van der Waals surface area contributed by atoms with Gasteiger partial charge in [-0.25, -0.2) is 4.39 Å². The van der Waals surface area contributed by atoms with Crippen LogP contribution in [0.3, 0.4) is 0 Å². The second kappa shape index (κ2) is 9.39. The molecule has 6 heteroatoms. The molecule has 0 aliphatic heterocycles. The van der Waals surface area contributed by atoms with Crippen molar-refractivity contribution in [1.29, 1.82) is 10.5 Å². The zero-order chi connectivity index (χ0) is 20.8. The van der Waals surface area contributed by atoms with Crippen LogP contribution < -0.4 is 4.74 Å². The fourth-order valence-electron chi connectivity index (χ4n) is 2.72. The molecule has 3 aromatic rings. The number of halogens is 3. The van der Waals surface area contributed by atoms with E-state index in [0.717, 1.165) is 5.56 Å². The topological polar surface area (TPSA) is 56.8 Å². The summed E-state index contributed by atoms with van der Waals surface area (Å²) >= 11 is 9.80. The molecule has 0 amide bonds. The molecule has 0 N–H and O–H groups in total. The highest BCUT2D eigenvalue weighted by Crippen LogP contribution is 2.36. The number of ether oxygens (including phenoxy) is 1. The Balaban J connectivity index is 1.89. The fourth-order valence-corrected chi connectivity index (χ4v) is 3.71. The van der Waals surface area contributed by atoms with E-state index in [9.17, 15) is 14.9 Å². The van der Waals surface area contributed by atoms with Gasteiger partial charge in [-0.15, -0.1) is 0 Å². The molecule has 0 radical (unpaired) electrons. The van der Waals surface area contributed by atoms with Gasteiger partial charge in [-0.1, -0.05) is 48.0 Å². The highest BCUT2D eigenvalue weighted by molar-refractivity contribution is 9.10. The molecule has 0 atom stereocenters. The first-order valence-corrected chi connectivity index (χ1v) is 9.67. The molecular weight excluding hydrogens is 455 g/mol. The molecule has 0 unspecified atom stereocenters. The highest BCUT2D eigenvalue weighted by atomic mass is 79.9. The maximum Gasteiger partial charge on any atom is 0.152 e. The number of hydrogen-bond donors (Lipinski definition) is 0. The number of allylic oxidation sites excluding steroid dienone is 1. The lowest BCUT2D eigenvalue weighted by Gasteiger charge is -2.12. The van der Waals surface area contributed by atoms with Crippen molar-refractivity contribution in [2.45, 2.75) is 6.61 Å². The smallest absolute Gasteiger partial charge is 0.152 e. The maximum atomic E-state index is 14.0. The Hall–Kier alpha value is -3.12. The van der Waals surface area contributed by atoms with Crippen LogP contribution in [0.25, 0.3) is 11.6 Å². The van der Waals surface area contributed by atoms with Gasteiger partial charge in [0.2, 0.25) is 0 Å². The number of nitrogens with zero attached hydrogens (tertiary/aromatic N) is 2. The summed E-state index contributed by atoms with van der Waals surface area (Å²) in [5, 5.41) is 18.9. The quantitative estimate of drug-likeness (QED) is 0.308. The highest BCUT2D eigenvalue weighted by Gasteiger charge is 2.12. The third-order valence-electron chi connectivity index (χ3n) is 4.13. The van der Waals surface area contributed by atoms with Gasteiger partial charge in [0.1, 0.15) is 12.4 Å². The second-order valence-corrected chi connectivity index (χ2v) is 7.28. The van der Waals surface area contributed by atoms with Gasteiger partial charge >= 0.3 is 0 Å². The molecule has 3 nitrogen and oxygen atoms in total. The van der Waals surface area contributed by atoms with Crippen molar-refractivity contribution in [3.63, 3.8) is 0 Å². The Bertz CT molecular complexity index is 1150. The summed E-state index contributed by atoms with van der Waals surface area (Å²) in [6.45, 7) is 0.176.